The summed E-state index contributed by atoms with van der Waals surface area (Å²) in [6, 6.07) is 5.70. The Bertz CT molecular complexity index is 593. The lowest BCUT2D eigenvalue weighted by Crippen LogP contribution is -2.14. The minimum atomic E-state index is 0.0830. The number of hydrogen-bond acceptors (Lipinski definition) is 5. The third-order valence-electron chi connectivity index (χ3n) is 2.39. The molecule has 7 heteroatoms. The molecule has 2 rings (SSSR count). The molecule has 0 unspecified atom stereocenters. The number of rotatable bonds is 3. The molecule has 0 fully saturated rings. The van der Waals surface area contributed by atoms with E-state index in [2.05, 4.69) is 15.4 Å². The van der Waals surface area contributed by atoms with Crippen LogP contribution in [0.15, 0.2) is 39.7 Å². The van der Waals surface area contributed by atoms with E-state index in [-0.39, 0.29) is 5.84 Å². The highest BCUT2D eigenvalue weighted by Gasteiger charge is 2.11. The Morgan fingerprint density at radius 3 is 2.89 bits per heavy atom. The number of benzene rings is 1. The summed E-state index contributed by atoms with van der Waals surface area (Å²) in [6.45, 7) is 1.98. The van der Waals surface area contributed by atoms with Crippen molar-refractivity contribution in [3.8, 4) is 0 Å². The highest BCUT2D eigenvalue weighted by Crippen LogP contribution is 2.29. The largest absolute Gasteiger partial charge is 0.409 e. The van der Waals surface area contributed by atoms with E-state index in [4.69, 9.17) is 10.9 Å². The van der Waals surface area contributed by atoms with Crippen molar-refractivity contribution in [2.24, 2.45) is 17.9 Å². The van der Waals surface area contributed by atoms with Crippen LogP contribution < -0.4 is 5.73 Å². The number of oxime groups is 1. The van der Waals surface area contributed by atoms with Crippen LogP contribution in [0.1, 0.15) is 11.1 Å². The third-order valence-corrected chi connectivity index (χ3v) is 3.50. The fourth-order valence-electron chi connectivity index (χ4n) is 1.44. The van der Waals surface area contributed by atoms with Gasteiger partial charge in [0, 0.05) is 17.5 Å². The highest BCUT2D eigenvalue weighted by molar-refractivity contribution is 7.99. The van der Waals surface area contributed by atoms with Gasteiger partial charge in [-0.1, -0.05) is 11.2 Å². The van der Waals surface area contributed by atoms with Gasteiger partial charge in [-0.2, -0.15) is 0 Å². The van der Waals surface area contributed by atoms with Gasteiger partial charge in [0.1, 0.15) is 6.33 Å². The first-order valence-corrected chi connectivity index (χ1v) is 6.04. The van der Waals surface area contributed by atoms with Crippen LogP contribution in [0, 0.1) is 6.92 Å². The van der Waals surface area contributed by atoms with E-state index < -0.39 is 0 Å². The summed E-state index contributed by atoms with van der Waals surface area (Å²) < 4.78 is 1.81. The van der Waals surface area contributed by atoms with E-state index in [1.807, 2.05) is 36.7 Å². The van der Waals surface area contributed by atoms with Crippen LogP contribution in [0.25, 0.3) is 0 Å². The van der Waals surface area contributed by atoms with Crippen molar-refractivity contribution in [2.75, 3.05) is 0 Å². The molecule has 3 N–H and O–H groups in total. The molecular formula is C11H13N5OS. The predicted octanol–water partition coefficient (Wildman–Crippen LogP) is 1.37. The van der Waals surface area contributed by atoms with Gasteiger partial charge in [-0.25, -0.2) is 0 Å². The predicted molar refractivity (Wildman–Crippen MR) is 68.8 cm³/mol. The number of nitrogens with two attached hydrogens (primary N) is 1. The van der Waals surface area contributed by atoms with Gasteiger partial charge in [-0.3, -0.25) is 0 Å². The van der Waals surface area contributed by atoms with Crippen molar-refractivity contribution >= 4 is 17.6 Å². The maximum absolute atomic E-state index is 8.78. The van der Waals surface area contributed by atoms with Gasteiger partial charge in [0.2, 0.25) is 0 Å². The number of hydrogen-bond donors (Lipinski definition) is 2. The first kappa shape index (κ1) is 12.4. The monoisotopic (exact) mass is 263 g/mol. The Morgan fingerprint density at radius 1 is 1.50 bits per heavy atom. The Balaban J connectivity index is 2.43. The lowest BCUT2D eigenvalue weighted by atomic mass is 10.1. The fourth-order valence-corrected chi connectivity index (χ4v) is 2.45. The van der Waals surface area contributed by atoms with E-state index >= 15 is 0 Å². The molecule has 0 spiro atoms. The summed E-state index contributed by atoms with van der Waals surface area (Å²) >= 11 is 1.42. The van der Waals surface area contributed by atoms with Crippen LogP contribution >= 0.6 is 11.8 Å². The van der Waals surface area contributed by atoms with Crippen LogP contribution in [-0.2, 0) is 7.05 Å². The molecule has 94 valence electrons. The summed E-state index contributed by atoms with van der Waals surface area (Å²) in [4.78, 5) is 0.876. The quantitative estimate of drug-likeness (QED) is 0.378. The van der Waals surface area contributed by atoms with Crippen molar-refractivity contribution in [3.05, 3.63) is 35.7 Å². The molecule has 0 saturated carbocycles. The second kappa shape index (κ2) is 5.09. The highest BCUT2D eigenvalue weighted by atomic mass is 32.2. The lowest BCUT2D eigenvalue weighted by molar-refractivity contribution is 0.318. The lowest BCUT2D eigenvalue weighted by Gasteiger charge is -2.08. The van der Waals surface area contributed by atoms with Crippen LogP contribution in [-0.4, -0.2) is 25.8 Å². The first-order valence-electron chi connectivity index (χ1n) is 5.22. The molecule has 0 saturated heterocycles. The number of nitrogens with zero attached hydrogens (tertiary/aromatic N) is 4. The fraction of sp³-hybridized carbons (Fsp3) is 0.182. The smallest absolute Gasteiger partial charge is 0.195 e. The van der Waals surface area contributed by atoms with Crippen molar-refractivity contribution in [1.29, 1.82) is 0 Å². The van der Waals surface area contributed by atoms with Gasteiger partial charge >= 0.3 is 0 Å². The van der Waals surface area contributed by atoms with Crippen LogP contribution in [0.5, 0.6) is 0 Å². The Hall–Kier alpha value is -2.02. The molecule has 2 aromatic rings. The standard InChI is InChI=1S/C11H13N5OS/c1-7-3-4-8(10(12)15-17)9(5-7)18-11-14-13-6-16(11)2/h3-6,17H,1-2H3,(H2,12,15). The van der Waals surface area contributed by atoms with E-state index in [1.54, 1.807) is 6.33 Å². The third kappa shape index (κ3) is 2.45. The molecule has 1 aromatic carbocycles. The zero-order valence-electron chi connectivity index (χ0n) is 10.0. The minimum Gasteiger partial charge on any atom is -0.409 e. The summed E-state index contributed by atoms with van der Waals surface area (Å²) in [5.41, 5.74) is 7.42. The SMILES string of the molecule is Cc1ccc(C(N)=NO)c(Sc2nncn2C)c1. The molecule has 0 aliphatic rings. The van der Waals surface area contributed by atoms with Crippen molar-refractivity contribution in [2.45, 2.75) is 17.0 Å². The van der Waals surface area contributed by atoms with Gasteiger partial charge < -0.3 is 15.5 Å². The maximum atomic E-state index is 8.78. The summed E-state index contributed by atoms with van der Waals surface area (Å²) in [5, 5.41) is 20.4. The first-order chi connectivity index (χ1) is 8.61. The maximum Gasteiger partial charge on any atom is 0.195 e. The van der Waals surface area contributed by atoms with E-state index in [0.29, 0.717) is 5.56 Å². The van der Waals surface area contributed by atoms with E-state index in [1.165, 1.54) is 11.8 Å². The zero-order chi connectivity index (χ0) is 13.1. The molecule has 1 heterocycles. The molecule has 0 bridgehead atoms. The molecule has 0 aliphatic carbocycles. The van der Waals surface area contributed by atoms with E-state index in [9.17, 15) is 0 Å². The minimum absolute atomic E-state index is 0.0830. The van der Waals surface area contributed by atoms with Crippen molar-refractivity contribution < 1.29 is 5.21 Å². The molecule has 18 heavy (non-hydrogen) atoms. The molecule has 0 amide bonds. The van der Waals surface area contributed by atoms with Crippen LogP contribution in [0.3, 0.4) is 0 Å². The molecule has 0 atom stereocenters. The second-order valence-corrected chi connectivity index (χ2v) is 4.82. The van der Waals surface area contributed by atoms with Crippen LogP contribution in [0.2, 0.25) is 0 Å². The van der Waals surface area contributed by atoms with Crippen molar-refractivity contribution in [1.82, 2.24) is 14.8 Å². The molecule has 0 aliphatic heterocycles. The summed E-state index contributed by atoms with van der Waals surface area (Å²) in [7, 11) is 1.86. The molecule has 0 radical (unpaired) electrons. The average Bonchev–Trinajstić information content (AvgIpc) is 2.74. The molecular weight excluding hydrogens is 250 g/mol. The van der Waals surface area contributed by atoms with Crippen LogP contribution in [0.4, 0.5) is 0 Å². The number of aromatic nitrogens is 3. The van der Waals surface area contributed by atoms with Crippen molar-refractivity contribution in [3.63, 3.8) is 0 Å². The van der Waals surface area contributed by atoms with Gasteiger partial charge in [0.15, 0.2) is 11.0 Å². The Labute approximate surface area is 109 Å². The topological polar surface area (TPSA) is 89.3 Å². The average molecular weight is 263 g/mol. The molecule has 6 nitrogen and oxygen atoms in total. The Morgan fingerprint density at radius 2 is 2.28 bits per heavy atom. The Kier molecular flexibility index (Phi) is 3.52. The van der Waals surface area contributed by atoms with E-state index in [0.717, 1.165) is 15.6 Å². The summed E-state index contributed by atoms with van der Waals surface area (Å²) in [6.07, 6.45) is 1.63. The number of amidine groups is 1. The zero-order valence-corrected chi connectivity index (χ0v) is 10.8. The number of aryl methyl sites for hydroxylation is 2. The van der Waals surface area contributed by atoms with Gasteiger partial charge in [-0.15, -0.1) is 10.2 Å². The summed E-state index contributed by atoms with van der Waals surface area (Å²) in [5.74, 6) is 0.0830. The van der Waals surface area contributed by atoms with Gasteiger partial charge in [0.25, 0.3) is 0 Å². The van der Waals surface area contributed by atoms with Gasteiger partial charge in [-0.05, 0) is 36.4 Å². The molecule has 1 aromatic heterocycles. The second-order valence-electron chi connectivity index (χ2n) is 3.81. The normalized spacial score (nSPS) is 11.8. The van der Waals surface area contributed by atoms with Gasteiger partial charge in [0.05, 0.1) is 0 Å².